The Kier molecular flexibility index (Phi) is 4.20. The molecule has 2 amide bonds. The smallest absolute Gasteiger partial charge is 0.321 e. The molecular formula is C14H20N2O2. The number of rotatable bonds is 2. The molecule has 0 spiro atoms. The van der Waals surface area contributed by atoms with Gasteiger partial charge in [0.2, 0.25) is 0 Å². The van der Waals surface area contributed by atoms with Gasteiger partial charge < -0.3 is 15.3 Å². The van der Waals surface area contributed by atoms with E-state index in [0.29, 0.717) is 6.54 Å². The topological polar surface area (TPSA) is 52.6 Å². The van der Waals surface area contributed by atoms with Gasteiger partial charge in [0.05, 0.1) is 0 Å². The van der Waals surface area contributed by atoms with Gasteiger partial charge in [-0.05, 0) is 43.4 Å². The van der Waals surface area contributed by atoms with E-state index in [1.54, 1.807) is 4.90 Å². The van der Waals surface area contributed by atoms with Crippen LogP contribution in [0, 0.1) is 12.8 Å². The Hall–Kier alpha value is -1.55. The number of aryl methyl sites for hydroxylation is 1. The molecule has 1 heterocycles. The van der Waals surface area contributed by atoms with Crippen molar-refractivity contribution < 1.29 is 9.90 Å². The van der Waals surface area contributed by atoms with Gasteiger partial charge in [-0.15, -0.1) is 0 Å². The third-order valence-corrected chi connectivity index (χ3v) is 3.33. The van der Waals surface area contributed by atoms with E-state index in [2.05, 4.69) is 5.32 Å². The molecule has 1 aromatic carbocycles. The van der Waals surface area contributed by atoms with Gasteiger partial charge in [0, 0.05) is 25.4 Å². The van der Waals surface area contributed by atoms with E-state index in [1.165, 1.54) is 0 Å². The summed E-state index contributed by atoms with van der Waals surface area (Å²) in [7, 11) is 0. The first-order chi connectivity index (χ1) is 8.69. The van der Waals surface area contributed by atoms with Gasteiger partial charge in [-0.25, -0.2) is 4.79 Å². The molecule has 1 aromatic rings. The Morgan fingerprint density at radius 1 is 1.56 bits per heavy atom. The largest absolute Gasteiger partial charge is 0.396 e. The number of likely N-dealkylation sites (tertiary alicyclic amines) is 1. The highest BCUT2D eigenvalue weighted by atomic mass is 16.3. The van der Waals surface area contributed by atoms with Gasteiger partial charge in [-0.1, -0.05) is 12.1 Å². The van der Waals surface area contributed by atoms with E-state index in [4.69, 9.17) is 5.11 Å². The van der Waals surface area contributed by atoms with Crippen molar-refractivity contribution in [1.82, 2.24) is 4.90 Å². The van der Waals surface area contributed by atoms with Crippen LogP contribution >= 0.6 is 0 Å². The van der Waals surface area contributed by atoms with Crippen LogP contribution in [0.3, 0.4) is 0 Å². The molecular weight excluding hydrogens is 228 g/mol. The number of nitrogens with zero attached hydrogens (tertiary/aromatic N) is 1. The Balaban J connectivity index is 1.95. The summed E-state index contributed by atoms with van der Waals surface area (Å²) >= 11 is 0. The van der Waals surface area contributed by atoms with Crippen LogP contribution < -0.4 is 5.32 Å². The van der Waals surface area contributed by atoms with Gasteiger partial charge in [0.1, 0.15) is 0 Å². The number of piperidine rings is 1. The lowest BCUT2D eigenvalue weighted by Crippen LogP contribution is -2.43. The number of aliphatic hydroxyl groups excluding tert-OH is 1. The van der Waals surface area contributed by atoms with Crippen molar-refractivity contribution >= 4 is 11.7 Å². The van der Waals surface area contributed by atoms with Crippen molar-refractivity contribution in [3.8, 4) is 0 Å². The third kappa shape index (κ3) is 3.23. The van der Waals surface area contributed by atoms with Crippen molar-refractivity contribution in [2.24, 2.45) is 5.92 Å². The summed E-state index contributed by atoms with van der Waals surface area (Å²) in [4.78, 5) is 13.9. The fourth-order valence-electron chi connectivity index (χ4n) is 2.32. The predicted octanol–water partition coefficient (Wildman–Crippen LogP) is 2.23. The summed E-state index contributed by atoms with van der Waals surface area (Å²) < 4.78 is 0. The van der Waals surface area contributed by atoms with Crippen LogP contribution in [0.25, 0.3) is 0 Å². The first-order valence-corrected chi connectivity index (χ1v) is 6.42. The van der Waals surface area contributed by atoms with Crippen LogP contribution in [-0.2, 0) is 0 Å². The van der Waals surface area contributed by atoms with Gasteiger partial charge >= 0.3 is 6.03 Å². The number of carbonyl (C=O) groups is 1. The summed E-state index contributed by atoms with van der Waals surface area (Å²) in [6, 6.07) is 7.69. The maximum atomic E-state index is 12.1. The van der Waals surface area contributed by atoms with E-state index in [1.807, 2.05) is 31.2 Å². The Morgan fingerprint density at radius 3 is 3.11 bits per heavy atom. The Labute approximate surface area is 108 Å². The predicted molar refractivity (Wildman–Crippen MR) is 71.6 cm³/mol. The highest BCUT2D eigenvalue weighted by Gasteiger charge is 2.22. The van der Waals surface area contributed by atoms with Crippen LogP contribution in [-0.4, -0.2) is 35.7 Å². The van der Waals surface area contributed by atoms with E-state index >= 15 is 0 Å². The highest BCUT2D eigenvalue weighted by Crippen LogP contribution is 2.17. The minimum Gasteiger partial charge on any atom is -0.396 e. The third-order valence-electron chi connectivity index (χ3n) is 3.33. The van der Waals surface area contributed by atoms with Gasteiger partial charge in [-0.3, -0.25) is 0 Å². The molecule has 4 nitrogen and oxygen atoms in total. The number of benzene rings is 1. The number of hydrogen-bond donors (Lipinski definition) is 2. The van der Waals surface area contributed by atoms with Gasteiger partial charge in [0.15, 0.2) is 0 Å². The van der Waals surface area contributed by atoms with E-state index < -0.39 is 0 Å². The molecule has 1 fully saturated rings. The molecule has 1 aliphatic rings. The van der Waals surface area contributed by atoms with Crippen LogP contribution in [0.1, 0.15) is 18.4 Å². The molecule has 18 heavy (non-hydrogen) atoms. The molecule has 0 bridgehead atoms. The molecule has 4 heteroatoms. The zero-order chi connectivity index (χ0) is 13.0. The summed E-state index contributed by atoms with van der Waals surface area (Å²) in [5.41, 5.74) is 1.95. The SMILES string of the molecule is Cc1cccc(NC(=O)N2CCCC(CO)C2)c1. The summed E-state index contributed by atoms with van der Waals surface area (Å²) in [6.07, 6.45) is 1.97. The lowest BCUT2D eigenvalue weighted by molar-refractivity contribution is 0.136. The number of carbonyl (C=O) groups excluding carboxylic acids is 1. The standard InChI is InChI=1S/C14H20N2O2/c1-11-4-2-6-13(8-11)15-14(18)16-7-3-5-12(9-16)10-17/h2,4,6,8,12,17H,3,5,7,9-10H2,1H3,(H,15,18). The fraction of sp³-hybridized carbons (Fsp3) is 0.500. The van der Waals surface area contributed by atoms with Crippen molar-refractivity contribution in [2.75, 3.05) is 25.0 Å². The second kappa shape index (κ2) is 5.87. The average molecular weight is 248 g/mol. The molecule has 0 aromatic heterocycles. The van der Waals surface area contributed by atoms with Crippen LogP contribution in [0.5, 0.6) is 0 Å². The second-order valence-corrected chi connectivity index (χ2v) is 4.94. The zero-order valence-electron chi connectivity index (χ0n) is 10.7. The molecule has 1 atom stereocenters. The zero-order valence-corrected chi connectivity index (χ0v) is 10.7. The van der Waals surface area contributed by atoms with E-state index in [9.17, 15) is 4.79 Å². The number of hydrogen-bond acceptors (Lipinski definition) is 2. The second-order valence-electron chi connectivity index (χ2n) is 4.94. The number of amides is 2. The highest BCUT2D eigenvalue weighted by molar-refractivity contribution is 5.89. The Morgan fingerprint density at radius 2 is 2.39 bits per heavy atom. The number of urea groups is 1. The minimum absolute atomic E-state index is 0.0706. The van der Waals surface area contributed by atoms with Crippen molar-refractivity contribution in [3.05, 3.63) is 29.8 Å². The summed E-state index contributed by atoms with van der Waals surface area (Å²) in [6.45, 7) is 3.58. The van der Waals surface area contributed by atoms with Crippen LogP contribution in [0.2, 0.25) is 0 Å². The molecule has 0 saturated carbocycles. The molecule has 0 aliphatic carbocycles. The summed E-state index contributed by atoms with van der Waals surface area (Å²) in [5, 5.41) is 12.1. The van der Waals surface area contributed by atoms with Gasteiger partial charge in [0.25, 0.3) is 0 Å². The van der Waals surface area contributed by atoms with E-state index in [0.717, 1.165) is 30.6 Å². The molecule has 2 rings (SSSR count). The average Bonchev–Trinajstić information content (AvgIpc) is 2.39. The van der Waals surface area contributed by atoms with Crippen LogP contribution in [0.4, 0.5) is 10.5 Å². The number of anilines is 1. The van der Waals surface area contributed by atoms with Gasteiger partial charge in [-0.2, -0.15) is 0 Å². The van der Waals surface area contributed by atoms with Crippen LogP contribution in [0.15, 0.2) is 24.3 Å². The van der Waals surface area contributed by atoms with Crippen molar-refractivity contribution in [3.63, 3.8) is 0 Å². The normalized spacial score (nSPS) is 19.7. The minimum atomic E-state index is -0.0706. The number of aliphatic hydroxyl groups is 1. The fourth-order valence-corrected chi connectivity index (χ4v) is 2.32. The lowest BCUT2D eigenvalue weighted by Gasteiger charge is -2.31. The first kappa shape index (κ1) is 12.9. The first-order valence-electron chi connectivity index (χ1n) is 6.42. The Bertz CT molecular complexity index is 420. The van der Waals surface area contributed by atoms with E-state index in [-0.39, 0.29) is 18.6 Å². The molecule has 2 N–H and O–H groups in total. The monoisotopic (exact) mass is 248 g/mol. The lowest BCUT2D eigenvalue weighted by atomic mass is 9.99. The maximum absolute atomic E-state index is 12.1. The maximum Gasteiger partial charge on any atom is 0.321 e. The summed E-state index contributed by atoms with van der Waals surface area (Å²) in [5.74, 6) is 0.224. The quantitative estimate of drug-likeness (QED) is 0.843. The molecule has 0 radical (unpaired) electrons. The molecule has 98 valence electrons. The van der Waals surface area contributed by atoms with Crippen molar-refractivity contribution in [2.45, 2.75) is 19.8 Å². The number of nitrogens with one attached hydrogen (secondary N) is 1. The molecule has 1 unspecified atom stereocenters. The van der Waals surface area contributed by atoms with Crippen molar-refractivity contribution in [1.29, 1.82) is 0 Å². The molecule has 1 aliphatic heterocycles. The molecule has 1 saturated heterocycles.